The second-order valence-electron chi connectivity index (χ2n) is 5.49. The van der Waals surface area contributed by atoms with E-state index in [9.17, 15) is 0 Å². The Bertz CT molecular complexity index is 709. The van der Waals surface area contributed by atoms with Gasteiger partial charge in [-0.1, -0.05) is 56.3 Å². The lowest BCUT2D eigenvalue weighted by molar-refractivity contribution is 0.286. The van der Waals surface area contributed by atoms with Crippen molar-refractivity contribution in [1.82, 2.24) is 0 Å². The molecule has 3 aromatic carbocycles. The smallest absolute Gasteiger partial charge is 0.126 e. The van der Waals surface area contributed by atoms with Crippen LogP contribution in [0.4, 0.5) is 5.69 Å². The fourth-order valence-electron chi connectivity index (χ4n) is 2.21. The van der Waals surface area contributed by atoms with Crippen molar-refractivity contribution in [2.75, 3.05) is 12.3 Å². The SMILES string of the molecule is CC.Nc1ccccc1.Oc1ccc2c(c1)OCCC2.Oc1ccccc1. The molecule has 0 fully saturated rings. The van der Waals surface area contributed by atoms with Crippen LogP contribution >= 0.6 is 0 Å². The predicted octanol–water partition coefficient (Wildman–Crippen LogP) is 5.40. The van der Waals surface area contributed by atoms with E-state index in [0.29, 0.717) is 5.75 Å². The molecule has 0 amide bonds. The summed E-state index contributed by atoms with van der Waals surface area (Å²) in [6, 6.07) is 23.5. The van der Waals surface area contributed by atoms with Gasteiger partial charge in [0.2, 0.25) is 0 Å². The van der Waals surface area contributed by atoms with Crippen LogP contribution < -0.4 is 10.5 Å². The first-order valence-corrected chi connectivity index (χ1v) is 9.14. The highest BCUT2D eigenvalue weighted by molar-refractivity contribution is 5.41. The summed E-state index contributed by atoms with van der Waals surface area (Å²) in [6.07, 6.45) is 2.15. The molecular weight excluding hydrogens is 338 g/mol. The third kappa shape index (κ3) is 9.21. The van der Waals surface area contributed by atoms with Gasteiger partial charge in [-0.3, -0.25) is 0 Å². The average Bonchev–Trinajstić information content (AvgIpc) is 2.71. The van der Waals surface area contributed by atoms with E-state index in [2.05, 4.69) is 0 Å². The summed E-state index contributed by atoms with van der Waals surface area (Å²) >= 11 is 0. The van der Waals surface area contributed by atoms with Crippen LogP contribution in [-0.2, 0) is 6.42 Å². The van der Waals surface area contributed by atoms with Gasteiger partial charge in [-0.05, 0) is 48.7 Å². The minimum atomic E-state index is 0.283. The molecule has 0 bridgehead atoms. The molecule has 0 aliphatic carbocycles. The maximum Gasteiger partial charge on any atom is 0.126 e. The predicted molar refractivity (Wildman–Crippen MR) is 112 cm³/mol. The van der Waals surface area contributed by atoms with Crippen molar-refractivity contribution >= 4 is 5.69 Å². The lowest BCUT2D eigenvalue weighted by atomic mass is 10.1. The number of benzene rings is 3. The van der Waals surface area contributed by atoms with Crippen molar-refractivity contribution in [1.29, 1.82) is 0 Å². The van der Waals surface area contributed by atoms with Gasteiger partial charge in [0.25, 0.3) is 0 Å². The van der Waals surface area contributed by atoms with E-state index >= 15 is 0 Å². The number of rotatable bonds is 0. The molecule has 4 nitrogen and oxygen atoms in total. The van der Waals surface area contributed by atoms with Crippen molar-refractivity contribution in [3.8, 4) is 17.2 Å². The number of para-hydroxylation sites is 2. The number of hydrogen-bond acceptors (Lipinski definition) is 4. The number of anilines is 1. The zero-order valence-corrected chi connectivity index (χ0v) is 16.0. The fraction of sp³-hybridized carbons (Fsp3) is 0.217. The maximum atomic E-state index is 9.11. The van der Waals surface area contributed by atoms with E-state index in [4.69, 9.17) is 20.7 Å². The van der Waals surface area contributed by atoms with Crippen molar-refractivity contribution in [3.63, 3.8) is 0 Å². The summed E-state index contributed by atoms with van der Waals surface area (Å²) in [5.41, 5.74) is 7.38. The molecule has 4 N–H and O–H groups in total. The summed E-state index contributed by atoms with van der Waals surface area (Å²) in [4.78, 5) is 0. The van der Waals surface area contributed by atoms with Gasteiger partial charge < -0.3 is 20.7 Å². The van der Waals surface area contributed by atoms with E-state index in [1.165, 1.54) is 5.56 Å². The topological polar surface area (TPSA) is 75.7 Å². The number of ether oxygens (including phenoxy) is 1. The number of nitrogens with two attached hydrogens (primary N) is 1. The Morgan fingerprint density at radius 2 is 1.37 bits per heavy atom. The normalized spacial score (nSPS) is 10.9. The van der Waals surface area contributed by atoms with Crippen LogP contribution in [0.2, 0.25) is 0 Å². The largest absolute Gasteiger partial charge is 0.508 e. The Morgan fingerprint density at radius 3 is 1.85 bits per heavy atom. The molecule has 1 heterocycles. The zero-order chi connectivity index (χ0) is 19.9. The third-order valence-electron chi connectivity index (χ3n) is 3.45. The van der Waals surface area contributed by atoms with Crippen molar-refractivity contribution in [2.24, 2.45) is 0 Å². The van der Waals surface area contributed by atoms with Crippen molar-refractivity contribution < 1.29 is 14.9 Å². The number of nitrogen functional groups attached to an aromatic ring is 1. The van der Waals surface area contributed by atoms with Gasteiger partial charge in [0, 0.05) is 11.8 Å². The average molecular weight is 367 g/mol. The molecular formula is C23H29NO3. The Labute approximate surface area is 161 Å². The molecule has 27 heavy (non-hydrogen) atoms. The molecule has 3 aromatic rings. The van der Waals surface area contributed by atoms with Crippen LogP contribution in [0.25, 0.3) is 0 Å². The van der Waals surface area contributed by atoms with E-state index < -0.39 is 0 Å². The Balaban J connectivity index is 0.000000201. The minimum absolute atomic E-state index is 0.283. The molecule has 144 valence electrons. The lowest BCUT2D eigenvalue weighted by Crippen LogP contribution is -2.07. The van der Waals surface area contributed by atoms with Crippen LogP contribution in [0.15, 0.2) is 78.9 Å². The first-order chi connectivity index (χ1) is 13.1. The molecule has 1 aliphatic heterocycles. The third-order valence-corrected chi connectivity index (χ3v) is 3.45. The molecule has 4 heteroatoms. The van der Waals surface area contributed by atoms with Gasteiger partial charge in [-0.2, -0.15) is 0 Å². The summed E-state index contributed by atoms with van der Waals surface area (Å²) in [7, 11) is 0. The molecule has 4 rings (SSSR count). The summed E-state index contributed by atoms with van der Waals surface area (Å²) in [5, 5.41) is 17.7. The molecule has 0 spiro atoms. The number of aromatic hydroxyl groups is 2. The number of phenolic OH excluding ortho intramolecular Hbond substituents is 2. The van der Waals surface area contributed by atoms with E-state index in [1.807, 2.05) is 56.3 Å². The monoisotopic (exact) mass is 367 g/mol. The van der Waals surface area contributed by atoms with Gasteiger partial charge in [-0.15, -0.1) is 0 Å². The molecule has 0 unspecified atom stereocenters. The van der Waals surface area contributed by atoms with Gasteiger partial charge >= 0.3 is 0 Å². The van der Waals surface area contributed by atoms with Crippen LogP contribution in [0, 0.1) is 0 Å². The summed E-state index contributed by atoms with van der Waals surface area (Å²) < 4.78 is 5.34. The molecule has 0 radical (unpaired) electrons. The quantitative estimate of drug-likeness (QED) is 0.465. The number of phenols is 2. The highest BCUT2D eigenvalue weighted by atomic mass is 16.5. The van der Waals surface area contributed by atoms with Crippen LogP contribution in [0.1, 0.15) is 25.8 Å². The Morgan fingerprint density at radius 1 is 0.778 bits per heavy atom. The highest BCUT2D eigenvalue weighted by Gasteiger charge is 2.09. The summed E-state index contributed by atoms with van der Waals surface area (Å²) in [5.74, 6) is 1.45. The zero-order valence-electron chi connectivity index (χ0n) is 16.0. The Hall–Kier alpha value is -3.14. The van der Waals surface area contributed by atoms with Gasteiger partial charge in [0.05, 0.1) is 6.61 Å². The van der Waals surface area contributed by atoms with E-state index in [-0.39, 0.29) is 5.75 Å². The molecule has 0 atom stereocenters. The molecule has 1 aliphatic rings. The van der Waals surface area contributed by atoms with Crippen LogP contribution in [0.3, 0.4) is 0 Å². The van der Waals surface area contributed by atoms with Crippen molar-refractivity contribution in [3.05, 3.63) is 84.4 Å². The molecule has 0 aromatic heterocycles. The highest BCUT2D eigenvalue weighted by Crippen LogP contribution is 2.27. The standard InChI is InChI=1S/C9H10O2.C6H7N.C6H6O.C2H6/c10-8-4-3-7-2-1-5-11-9(7)6-8;2*7-6-4-2-1-3-5-6;1-2/h3-4,6,10H,1-2,5H2;1-5H,7H2;1-5,7H;1-2H3. The molecule has 0 saturated carbocycles. The lowest BCUT2D eigenvalue weighted by Gasteiger charge is -2.16. The first kappa shape index (κ1) is 21.9. The number of fused-ring (bicyclic) bond motifs is 1. The Kier molecular flexibility index (Phi) is 10.6. The maximum absolute atomic E-state index is 9.11. The van der Waals surface area contributed by atoms with Crippen LogP contribution in [-0.4, -0.2) is 16.8 Å². The van der Waals surface area contributed by atoms with E-state index in [1.54, 1.807) is 36.4 Å². The number of hydrogen-bond donors (Lipinski definition) is 3. The first-order valence-electron chi connectivity index (χ1n) is 9.14. The van der Waals surface area contributed by atoms with Gasteiger partial charge in [0.15, 0.2) is 0 Å². The summed E-state index contributed by atoms with van der Waals surface area (Å²) in [6.45, 7) is 4.77. The van der Waals surface area contributed by atoms with Crippen molar-refractivity contribution in [2.45, 2.75) is 26.7 Å². The van der Waals surface area contributed by atoms with E-state index in [0.717, 1.165) is 30.9 Å². The van der Waals surface area contributed by atoms with Gasteiger partial charge in [0.1, 0.15) is 17.2 Å². The second kappa shape index (κ2) is 13.1. The molecule has 0 saturated heterocycles. The second-order valence-corrected chi connectivity index (χ2v) is 5.49. The fourth-order valence-corrected chi connectivity index (χ4v) is 2.21. The van der Waals surface area contributed by atoms with Crippen LogP contribution in [0.5, 0.6) is 17.2 Å². The number of aryl methyl sites for hydroxylation is 1. The minimum Gasteiger partial charge on any atom is -0.508 e. The van der Waals surface area contributed by atoms with Gasteiger partial charge in [-0.25, -0.2) is 0 Å².